The van der Waals surface area contributed by atoms with Crippen molar-refractivity contribution in [2.24, 2.45) is 0 Å². The zero-order valence-electron chi connectivity index (χ0n) is 7.83. The van der Waals surface area contributed by atoms with Crippen molar-refractivity contribution in [3.63, 3.8) is 0 Å². The largest absolute Gasteiger partial charge is 0.480 e. The molecule has 3 nitrogen and oxygen atoms in total. The first-order chi connectivity index (χ1) is 6.61. The minimum Gasteiger partial charge on any atom is -0.480 e. The predicted molar refractivity (Wildman–Crippen MR) is 58.2 cm³/mol. The molecule has 1 rings (SSSR count). The molecule has 0 unspecified atom stereocenters. The topological polar surface area (TPSA) is 49.3 Å². The summed E-state index contributed by atoms with van der Waals surface area (Å²) >= 11 is 3.42. The highest BCUT2D eigenvalue weighted by molar-refractivity contribution is 9.10. The van der Waals surface area contributed by atoms with Gasteiger partial charge in [-0.1, -0.05) is 34.1 Å². The first-order valence-electron chi connectivity index (χ1n) is 4.31. The summed E-state index contributed by atoms with van der Waals surface area (Å²) in [6.45, 7) is 1.91. The van der Waals surface area contributed by atoms with Crippen LogP contribution >= 0.6 is 15.9 Å². The van der Waals surface area contributed by atoms with Crippen molar-refractivity contribution in [3.8, 4) is 0 Å². The van der Waals surface area contributed by atoms with Crippen molar-refractivity contribution >= 4 is 21.9 Å². The second-order valence-corrected chi connectivity index (χ2v) is 3.87. The molecule has 1 aromatic rings. The molecule has 0 bridgehead atoms. The Balaban J connectivity index is 2.65. The number of benzene rings is 1. The molecule has 0 heterocycles. The average molecular weight is 258 g/mol. The molecule has 2 N–H and O–H groups in total. The van der Waals surface area contributed by atoms with Gasteiger partial charge in [-0.25, -0.2) is 0 Å². The van der Waals surface area contributed by atoms with Crippen molar-refractivity contribution in [1.29, 1.82) is 0 Å². The number of hydrogen-bond donors (Lipinski definition) is 2. The lowest BCUT2D eigenvalue weighted by molar-refractivity contribution is -0.136. The average Bonchev–Trinajstić information content (AvgIpc) is 2.15. The van der Waals surface area contributed by atoms with E-state index in [9.17, 15) is 4.79 Å². The Labute approximate surface area is 91.3 Å². The van der Waals surface area contributed by atoms with Gasteiger partial charge in [0.25, 0.3) is 0 Å². The first-order valence-corrected chi connectivity index (χ1v) is 5.10. The molecule has 1 atom stereocenters. The Morgan fingerprint density at radius 3 is 2.79 bits per heavy atom. The van der Waals surface area contributed by atoms with E-state index >= 15 is 0 Å². The van der Waals surface area contributed by atoms with Gasteiger partial charge in [0.1, 0.15) is 0 Å². The molecule has 0 amide bonds. The second-order valence-electron chi connectivity index (χ2n) is 3.02. The maximum absolute atomic E-state index is 10.3. The van der Waals surface area contributed by atoms with Gasteiger partial charge in [-0.2, -0.15) is 0 Å². The maximum Gasteiger partial charge on any atom is 0.317 e. The van der Waals surface area contributed by atoms with Crippen molar-refractivity contribution < 1.29 is 9.90 Å². The van der Waals surface area contributed by atoms with Crippen LogP contribution < -0.4 is 5.32 Å². The van der Waals surface area contributed by atoms with E-state index in [1.165, 1.54) is 0 Å². The SMILES string of the molecule is C[C@H](NCC(=O)O)c1ccccc1Br. The zero-order chi connectivity index (χ0) is 10.6. The van der Waals surface area contributed by atoms with E-state index in [0.717, 1.165) is 10.0 Å². The van der Waals surface area contributed by atoms with Gasteiger partial charge >= 0.3 is 5.97 Å². The summed E-state index contributed by atoms with van der Waals surface area (Å²) in [6.07, 6.45) is 0. The fourth-order valence-corrected chi connectivity index (χ4v) is 1.80. The molecule has 0 fully saturated rings. The molecule has 76 valence electrons. The summed E-state index contributed by atoms with van der Waals surface area (Å²) in [4.78, 5) is 10.3. The number of rotatable bonds is 4. The molecule has 0 aliphatic heterocycles. The van der Waals surface area contributed by atoms with Gasteiger partial charge < -0.3 is 10.4 Å². The monoisotopic (exact) mass is 257 g/mol. The van der Waals surface area contributed by atoms with E-state index in [0.29, 0.717) is 0 Å². The highest BCUT2D eigenvalue weighted by atomic mass is 79.9. The Kier molecular flexibility index (Phi) is 4.10. The van der Waals surface area contributed by atoms with E-state index in [1.54, 1.807) is 0 Å². The van der Waals surface area contributed by atoms with Crippen molar-refractivity contribution in [2.45, 2.75) is 13.0 Å². The molecular formula is C10H12BrNO2. The molecule has 0 aliphatic rings. The molecule has 14 heavy (non-hydrogen) atoms. The number of nitrogens with one attached hydrogen (secondary N) is 1. The quantitative estimate of drug-likeness (QED) is 0.870. The Morgan fingerprint density at radius 1 is 1.57 bits per heavy atom. The fourth-order valence-electron chi connectivity index (χ4n) is 1.18. The maximum atomic E-state index is 10.3. The number of halogens is 1. The van der Waals surface area contributed by atoms with Gasteiger partial charge in [0, 0.05) is 10.5 Å². The second kappa shape index (κ2) is 5.12. The highest BCUT2D eigenvalue weighted by Crippen LogP contribution is 2.22. The van der Waals surface area contributed by atoms with Gasteiger partial charge in [-0.05, 0) is 18.6 Å². The van der Waals surface area contributed by atoms with Crippen LogP contribution in [0.5, 0.6) is 0 Å². The van der Waals surface area contributed by atoms with Crippen LogP contribution in [-0.2, 0) is 4.79 Å². The molecule has 4 heteroatoms. The lowest BCUT2D eigenvalue weighted by Crippen LogP contribution is -2.25. The third kappa shape index (κ3) is 3.12. The normalized spacial score (nSPS) is 12.4. The molecule has 0 aliphatic carbocycles. The summed E-state index contributed by atoms with van der Waals surface area (Å²) in [5, 5.41) is 11.4. The third-order valence-electron chi connectivity index (χ3n) is 1.93. The Morgan fingerprint density at radius 2 is 2.21 bits per heavy atom. The summed E-state index contributed by atoms with van der Waals surface area (Å²) in [7, 11) is 0. The third-order valence-corrected chi connectivity index (χ3v) is 2.65. The Bertz CT molecular complexity index is 328. The van der Waals surface area contributed by atoms with Crippen LogP contribution in [0, 0.1) is 0 Å². The van der Waals surface area contributed by atoms with E-state index in [4.69, 9.17) is 5.11 Å². The Hall–Kier alpha value is -0.870. The smallest absolute Gasteiger partial charge is 0.317 e. The predicted octanol–water partition coefficient (Wildman–Crippen LogP) is 2.18. The van der Waals surface area contributed by atoms with Gasteiger partial charge in [0.15, 0.2) is 0 Å². The van der Waals surface area contributed by atoms with Gasteiger partial charge in [-0.3, -0.25) is 4.79 Å². The molecule has 0 radical (unpaired) electrons. The number of carboxylic acids is 1. The minimum absolute atomic E-state index is 0.0253. The summed E-state index contributed by atoms with van der Waals surface area (Å²) in [5.41, 5.74) is 1.06. The molecule has 1 aromatic carbocycles. The van der Waals surface area contributed by atoms with Gasteiger partial charge in [0.2, 0.25) is 0 Å². The number of carboxylic acid groups (broad SMARTS) is 1. The van der Waals surface area contributed by atoms with Crippen molar-refractivity contribution in [2.75, 3.05) is 6.54 Å². The van der Waals surface area contributed by atoms with E-state index in [2.05, 4.69) is 21.2 Å². The van der Waals surface area contributed by atoms with Crippen molar-refractivity contribution in [1.82, 2.24) is 5.32 Å². The van der Waals surface area contributed by atoms with Crippen LogP contribution in [0.15, 0.2) is 28.7 Å². The fraction of sp³-hybridized carbons (Fsp3) is 0.300. The molecule has 0 saturated heterocycles. The summed E-state index contributed by atoms with van der Waals surface area (Å²) in [6, 6.07) is 7.79. The van der Waals surface area contributed by atoms with Gasteiger partial charge in [0.05, 0.1) is 6.54 Å². The zero-order valence-corrected chi connectivity index (χ0v) is 9.41. The van der Waals surface area contributed by atoms with Crippen LogP contribution in [0.3, 0.4) is 0 Å². The van der Waals surface area contributed by atoms with E-state index in [1.807, 2.05) is 31.2 Å². The van der Waals surface area contributed by atoms with Crippen LogP contribution in [0.1, 0.15) is 18.5 Å². The van der Waals surface area contributed by atoms with E-state index in [-0.39, 0.29) is 12.6 Å². The van der Waals surface area contributed by atoms with Crippen LogP contribution in [-0.4, -0.2) is 17.6 Å². The first kappa shape index (κ1) is 11.2. The molecular weight excluding hydrogens is 246 g/mol. The van der Waals surface area contributed by atoms with Crippen LogP contribution in [0.25, 0.3) is 0 Å². The lowest BCUT2D eigenvalue weighted by atomic mass is 10.1. The number of carbonyl (C=O) groups is 1. The molecule has 0 saturated carbocycles. The summed E-state index contributed by atoms with van der Waals surface area (Å²) in [5.74, 6) is -0.844. The van der Waals surface area contributed by atoms with Crippen LogP contribution in [0.4, 0.5) is 0 Å². The molecule has 0 spiro atoms. The number of hydrogen-bond acceptors (Lipinski definition) is 2. The van der Waals surface area contributed by atoms with Crippen LogP contribution in [0.2, 0.25) is 0 Å². The lowest BCUT2D eigenvalue weighted by Gasteiger charge is -2.13. The standard InChI is InChI=1S/C10H12BrNO2/c1-7(12-6-10(13)14)8-4-2-3-5-9(8)11/h2-5,7,12H,6H2,1H3,(H,13,14)/t7-/m0/s1. The van der Waals surface area contributed by atoms with Gasteiger partial charge in [-0.15, -0.1) is 0 Å². The van der Waals surface area contributed by atoms with Crippen molar-refractivity contribution in [3.05, 3.63) is 34.3 Å². The summed E-state index contributed by atoms with van der Waals surface area (Å²) < 4.78 is 0.991. The highest BCUT2D eigenvalue weighted by Gasteiger charge is 2.08. The van der Waals surface area contributed by atoms with E-state index < -0.39 is 5.97 Å². The number of aliphatic carboxylic acids is 1. The molecule has 0 aromatic heterocycles. The minimum atomic E-state index is -0.844.